The van der Waals surface area contributed by atoms with E-state index in [1.54, 1.807) is 4.90 Å². The van der Waals surface area contributed by atoms with Gasteiger partial charge in [-0.15, -0.1) is 0 Å². The first kappa shape index (κ1) is 26.6. The Balaban J connectivity index is 1.60. The number of aliphatic hydroxyl groups excluding tert-OH is 1. The first-order valence-corrected chi connectivity index (χ1v) is 13.5. The van der Waals surface area contributed by atoms with Crippen LogP contribution in [0.1, 0.15) is 71.3 Å². The number of unbranched alkanes of at least 4 members (excludes halogenated alkanes) is 2. The summed E-state index contributed by atoms with van der Waals surface area (Å²) in [6.45, 7) is 6.86. The molecule has 0 saturated carbocycles. The Morgan fingerprint density at radius 3 is 2.61 bits per heavy atom. The van der Waals surface area contributed by atoms with Crippen molar-refractivity contribution in [1.82, 2.24) is 15.5 Å². The maximum absolute atomic E-state index is 13.9. The van der Waals surface area contributed by atoms with Gasteiger partial charge in [-0.05, 0) is 57.9 Å². The molecule has 3 aliphatic heterocycles. The molecule has 3 amide bonds. The summed E-state index contributed by atoms with van der Waals surface area (Å²) < 4.78 is 6.64. The average molecular weight is 500 g/mol. The van der Waals surface area contributed by atoms with E-state index in [0.29, 0.717) is 38.8 Å². The maximum atomic E-state index is 13.9. The molecule has 0 aliphatic carbocycles. The molecule has 1 aromatic rings. The Labute approximate surface area is 214 Å². The standard InChI is InChI=1S/C28H41N3O5/c1-4-11-19(2)30-25(34)23-28-15-14-27(3,36-28)21(24(33)29-18-20-12-7-5-8-13-20)22(28)26(35)31(23)16-9-6-10-17-32/h5,7-8,12-13,19,21-23,32H,4,6,9-11,14-18H2,1-3H3,(H,29,33)(H,30,34)/t19?,21-,22-,23?,27+,28?/m0/s1. The van der Waals surface area contributed by atoms with Crippen molar-refractivity contribution >= 4 is 17.7 Å². The fraction of sp³-hybridized carbons (Fsp3) is 0.679. The normalized spacial score (nSPS) is 31.4. The van der Waals surface area contributed by atoms with Crippen molar-refractivity contribution in [2.75, 3.05) is 13.2 Å². The summed E-state index contributed by atoms with van der Waals surface area (Å²) >= 11 is 0. The molecule has 1 spiro atoms. The van der Waals surface area contributed by atoms with Gasteiger partial charge in [-0.2, -0.15) is 0 Å². The van der Waals surface area contributed by atoms with Crippen LogP contribution in [0.3, 0.4) is 0 Å². The smallest absolute Gasteiger partial charge is 0.246 e. The number of hydrogen-bond donors (Lipinski definition) is 3. The van der Waals surface area contributed by atoms with Gasteiger partial charge in [-0.25, -0.2) is 0 Å². The number of fused-ring (bicyclic) bond motifs is 1. The molecule has 3 saturated heterocycles. The molecule has 0 radical (unpaired) electrons. The molecule has 4 rings (SSSR count). The van der Waals surface area contributed by atoms with Crippen LogP contribution in [-0.4, -0.2) is 64.2 Å². The van der Waals surface area contributed by atoms with Crippen molar-refractivity contribution in [2.24, 2.45) is 11.8 Å². The monoisotopic (exact) mass is 499 g/mol. The lowest BCUT2D eigenvalue weighted by Crippen LogP contribution is -2.56. The number of amides is 3. The number of likely N-dealkylation sites (tertiary alicyclic amines) is 1. The van der Waals surface area contributed by atoms with Crippen LogP contribution >= 0.6 is 0 Å². The summed E-state index contributed by atoms with van der Waals surface area (Å²) in [7, 11) is 0. The minimum absolute atomic E-state index is 0.0107. The van der Waals surface area contributed by atoms with Gasteiger partial charge in [0.25, 0.3) is 0 Å². The van der Waals surface area contributed by atoms with Gasteiger partial charge in [0.2, 0.25) is 17.7 Å². The molecule has 8 nitrogen and oxygen atoms in total. The Morgan fingerprint density at radius 1 is 1.17 bits per heavy atom. The fourth-order valence-corrected chi connectivity index (χ4v) is 6.66. The summed E-state index contributed by atoms with van der Waals surface area (Å²) in [5, 5.41) is 15.3. The number of aliphatic hydroxyl groups is 1. The first-order valence-electron chi connectivity index (χ1n) is 13.5. The molecular formula is C28H41N3O5. The minimum Gasteiger partial charge on any atom is -0.396 e. The lowest BCUT2D eigenvalue weighted by Gasteiger charge is -2.34. The van der Waals surface area contributed by atoms with Crippen LogP contribution in [0, 0.1) is 11.8 Å². The van der Waals surface area contributed by atoms with Crippen molar-refractivity contribution in [3.8, 4) is 0 Å². The molecule has 6 atom stereocenters. The van der Waals surface area contributed by atoms with E-state index in [9.17, 15) is 14.4 Å². The summed E-state index contributed by atoms with van der Waals surface area (Å²) in [4.78, 5) is 42.8. The highest BCUT2D eigenvalue weighted by atomic mass is 16.5. The molecule has 3 heterocycles. The molecule has 8 heteroatoms. The molecule has 3 N–H and O–H groups in total. The van der Waals surface area contributed by atoms with Crippen molar-refractivity contribution in [3.63, 3.8) is 0 Å². The molecule has 3 aliphatic rings. The van der Waals surface area contributed by atoms with E-state index in [1.807, 2.05) is 44.2 Å². The Morgan fingerprint density at radius 2 is 1.92 bits per heavy atom. The number of nitrogens with one attached hydrogen (secondary N) is 2. The number of carbonyl (C=O) groups excluding carboxylic acids is 3. The van der Waals surface area contributed by atoms with E-state index in [2.05, 4.69) is 17.6 Å². The summed E-state index contributed by atoms with van der Waals surface area (Å²) in [6.07, 6.45) is 5.11. The van der Waals surface area contributed by atoms with Gasteiger partial charge in [-0.3, -0.25) is 14.4 Å². The first-order chi connectivity index (χ1) is 17.3. The number of nitrogens with zero attached hydrogens (tertiary/aromatic N) is 1. The predicted octanol–water partition coefficient (Wildman–Crippen LogP) is 2.53. The van der Waals surface area contributed by atoms with Gasteiger partial charge in [0.05, 0.1) is 17.4 Å². The molecule has 36 heavy (non-hydrogen) atoms. The van der Waals surface area contributed by atoms with Crippen molar-refractivity contribution < 1.29 is 24.2 Å². The Hall–Kier alpha value is -2.45. The molecule has 2 bridgehead atoms. The third-order valence-electron chi connectivity index (χ3n) is 8.28. The van der Waals surface area contributed by atoms with Crippen LogP contribution in [0.4, 0.5) is 0 Å². The zero-order valence-electron chi connectivity index (χ0n) is 21.8. The third kappa shape index (κ3) is 4.77. The van der Waals surface area contributed by atoms with Crippen LogP contribution in [0.15, 0.2) is 30.3 Å². The maximum Gasteiger partial charge on any atom is 0.246 e. The number of carbonyl (C=O) groups is 3. The van der Waals surface area contributed by atoms with Gasteiger partial charge in [0.15, 0.2) is 0 Å². The van der Waals surface area contributed by atoms with Crippen LogP contribution in [0.2, 0.25) is 0 Å². The van der Waals surface area contributed by atoms with E-state index < -0.39 is 29.1 Å². The second-order valence-corrected chi connectivity index (χ2v) is 10.9. The number of hydrogen-bond acceptors (Lipinski definition) is 5. The quantitative estimate of drug-likeness (QED) is 0.383. The largest absolute Gasteiger partial charge is 0.396 e. The summed E-state index contributed by atoms with van der Waals surface area (Å²) in [5.41, 5.74) is -0.786. The molecule has 0 aromatic heterocycles. The average Bonchev–Trinajstić information content (AvgIpc) is 3.42. The summed E-state index contributed by atoms with van der Waals surface area (Å²) in [6, 6.07) is 8.92. The molecule has 3 unspecified atom stereocenters. The third-order valence-corrected chi connectivity index (χ3v) is 8.28. The number of rotatable bonds is 12. The highest BCUT2D eigenvalue weighted by molar-refractivity contribution is 5.99. The number of ether oxygens (including phenoxy) is 1. The molecular weight excluding hydrogens is 458 g/mol. The Kier molecular flexibility index (Phi) is 8.05. The van der Waals surface area contributed by atoms with E-state index in [4.69, 9.17) is 9.84 Å². The van der Waals surface area contributed by atoms with Gasteiger partial charge in [-0.1, -0.05) is 43.7 Å². The van der Waals surface area contributed by atoms with Gasteiger partial charge >= 0.3 is 0 Å². The van der Waals surface area contributed by atoms with Gasteiger partial charge < -0.3 is 25.4 Å². The second-order valence-electron chi connectivity index (χ2n) is 10.9. The van der Waals surface area contributed by atoms with Crippen LogP contribution < -0.4 is 10.6 Å². The van der Waals surface area contributed by atoms with Crippen molar-refractivity contribution in [3.05, 3.63) is 35.9 Å². The highest BCUT2D eigenvalue weighted by Crippen LogP contribution is 2.63. The van der Waals surface area contributed by atoms with Crippen LogP contribution in [0.5, 0.6) is 0 Å². The topological polar surface area (TPSA) is 108 Å². The predicted molar refractivity (Wildman–Crippen MR) is 136 cm³/mol. The minimum atomic E-state index is -0.992. The second kappa shape index (κ2) is 10.9. The zero-order chi connectivity index (χ0) is 25.9. The van der Waals surface area contributed by atoms with Gasteiger partial charge in [0, 0.05) is 25.7 Å². The van der Waals surface area contributed by atoms with Crippen LogP contribution in [0.25, 0.3) is 0 Å². The van der Waals surface area contributed by atoms with E-state index in [1.165, 1.54) is 0 Å². The molecule has 3 fully saturated rings. The SMILES string of the molecule is CCCC(C)NC(=O)C1N(CCCCCO)C(=O)[C@@H]2[C@@H](C(=O)NCc3ccccc3)[C@@]3(C)CCC12O3. The summed E-state index contributed by atoms with van der Waals surface area (Å²) in [5.74, 6) is -1.87. The lowest BCUT2D eigenvalue weighted by atomic mass is 9.66. The van der Waals surface area contributed by atoms with E-state index in [-0.39, 0.29) is 30.4 Å². The van der Waals surface area contributed by atoms with E-state index in [0.717, 1.165) is 24.8 Å². The fourth-order valence-electron chi connectivity index (χ4n) is 6.66. The lowest BCUT2D eigenvalue weighted by molar-refractivity contribution is -0.146. The molecule has 1 aromatic carbocycles. The van der Waals surface area contributed by atoms with Gasteiger partial charge in [0.1, 0.15) is 11.6 Å². The number of benzene rings is 1. The zero-order valence-corrected chi connectivity index (χ0v) is 21.8. The van der Waals surface area contributed by atoms with E-state index >= 15 is 0 Å². The highest BCUT2D eigenvalue weighted by Gasteiger charge is 2.77. The van der Waals surface area contributed by atoms with Crippen molar-refractivity contribution in [2.45, 2.75) is 95.5 Å². The Bertz CT molecular complexity index is 956. The van der Waals surface area contributed by atoms with Crippen molar-refractivity contribution in [1.29, 1.82) is 0 Å². The molecule has 198 valence electrons. The van der Waals surface area contributed by atoms with Crippen LogP contribution in [-0.2, 0) is 25.7 Å².